The summed E-state index contributed by atoms with van der Waals surface area (Å²) in [6.45, 7) is 2.12. The van der Waals surface area contributed by atoms with Gasteiger partial charge in [-0.15, -0.1) is 5.92 Å². The van der Waals surface area contributed by atoms with Crippen LogP contribution >= 0.6 is 12.2 Å². The molecule has 88 valence electrons. The maximum absolute atomic E-state index is 4.65. The van der Waals surface area contributed by atoms with Gasteiger partial charge in [0.1, 0.15) is 6.04 Å². The topological polar surface area (TPSA) is 12.4 Å². The van der Waals surface area contributed by atoms with Gasteiger partial charge in [-0.05, 0) is 37.0 Å². The molecule has 0 amide bonds. The van der Waals surface area contributed by atoms with Gasteiger partial charge in [-0.2, -0.15) is 0 Å². The van der Waals surface area contributed by atoms with Crippen molar-refractivity contribution in [2.45, 2.75) is 38.6 Å². The fourth-order valence-corrected chi connectivity index (χ4v) is 1.62. The van der Waals surface area contributed by atoms with Gasteiger partial charge in [0, 0.05) is 6.42 Å². The van der Waals surface area contributed by atoms with Crippen molar-refractivity contribution in [3.8, 4) is 11.8 Å². The van der Waals surface area contributed by atoms with Gasteiger partial charge in [0.05, 0.1) is 5.16 Å². The fourth-order valence-electron chi connectivity index (χ4n) is 1.50. The zero-order valence-corrected chi connectivity index (χ0v) is 11.0. The van der Waals surface area contributed by atoms with Crippen LogP contribution in [0.1, 0.15) is 31.7 Å². The molecule has 0 bridgehead atoms. The maximum atomic E-state index is 4.65. The van der Waals surface area contributed by atoms with Crippen molar-refractivity contribution < 1.29 is 0 Å². The molecule has 0 aliphatic carbocycles. The molecule has 1 aromatic carbocycles. The van der Waals surface area contributed by atoms with Gasteiger partial charge in [-0.1, -0.05) is 43.2 Å². The second-order valence-electron chi connectivity index (χ2n) is 3.83. The van der Waals surface area contributed by atoms with Gasteiger partial charge in [0.15, 0.2) is 0 Å². The first-order chi connectivity index (χ1) is 8.36. The molecular weight excluding hydrogens is 226 g/mol. The maximum Gasteiger partial charge on any atom is 0.121 e. The molecule has 0 aliphatic rings. The van der Waals surface area contributed by atoms with E-state index in [1.165, 1.54) is 5.56 Å². The number of isothiocyanates is 1. The summed E-state index contributed by atoms with van der Waals surface area (Å²) < 4.78 is 0. The van der Waals surface area contributed by atoms with E-state index in [-0.39, 0.29) is 6.04 Å². The van der Waals surface area contributed by atoms with Crippen LogP contribution in [0.4, 0.5) is 0 Å². The first-order valence-corrected chi connectivity index (χ1v) is 6.37. The minimum atomic E-state index is -0.000689. The quantitative estimate of drug-likeness (QED) is 0.434. The molecule has 0 heterocycles. The van der Waals surface area contributed by atoms with E-state index in [2.05, 4.69) is 65.4 Å². The van der Waals surface area contributed by atoms with E-state index in [9.17, 15) is 0 Å². The first-order valence-electron chi connectivity index (χ1n) is 5.96. The Balaban J connectivity index is 2.51. The predicted molar refractivity (Wildman–Crippen MR) is 76.3 cm³/mol. The molecule has 1 nitrogen and oxygen atoms in total. The Morgan fingerprint density at radius 1 is 1.29 bits per heavy atom. The smallest absolute Gasteiger partial charge is 0.121 e. The number of hydrogen-bond donors (Lipinski definition) is 0. The van der Waals surface area contributed by atoms with Crippen LogP contribution in [0.15, 0.2) is 35.3 Å². The third kappa shape index (κ3) is 6.02. The molecule has 1 atom stereocenters. The number of thiocarbonyl (C=S) groups is 1. The van der Waals surface area contributed by atoms with Gasteiger partial charge >= 0.3 is 0 Å². The second-order valence-corrected chi connectivity index (χ2v) is 4.01. The molecule has 0 radical (unpaired) electrons. The Labute approximate surface area is 109 Å². The third-order valence-corrected chi connectivity index (χ3v) is 2.51. The van der Waals surface area contributed by atoms with E-state index in [0.29, 0.717) is 0 Å². The van der Waals surface area contributed by atoms with Gasteiger partial charge in [0.2, 0.25) is 0 Å². The highest BCUT2D eigenvalue weighted by atomic mass is 32.1. The molecule has 17 heavy (non-hydrogen) atoms. The van der Waals surface area contributed by atoms with E-state index in [4.69, 9.17) is 0 Å². The number of benzene rings is 1. The molecule has 0 saturated carbocycles. The van der Waals surface area contributed by atoms with Crippen LogP contribution in [-0.4, -0.2) is 11.2 Å². The monoisotopic (exact) mass is 243 g/mol. The standard InChI is InChI=1S/C15H17NS/c1-2-3-5-10-15(16-13-17)12-11-14-8-6-4-7-9-14/h4,6-9,15H,2-3,11-12H2,1H3. The summed E-state index contributed by atoms with van der Waals surface area (Å²) >= 11 is 4.65. The van der Waals surface area contributed by atoms with E-state index in [1.807, 2.05) is 6.07 Å². The van der Waals surface area contributed by atoms with Crippen LogP contribution < -0.4 is 0 Å². The van der Waals surface area contributed by atoms with Crippen molar-refractivity contribution in [2.75, 3.05) is 0 Å². The van der Waals surface area contributed by atoms with Gasteiger partial charge < -0.3 is 0 Å². The molecule has 0 aliphatic heterocycles. The van der Waals surface area contributed by atoms with Crippen molar-refractivity contribution in [2.24, 2.45) is 4.99 Å². The number of aliphatic imine (C=N–C) groups is 1. The number of hydrogen-bond acceptors (Lipinski definition) is 2. The van der Waals surface area contributed by atoms with Crippen LogP contribution in [0.3, 0.4) is 0 Å². The second kappa shape index (κ2) is 8.70. The lowest BCUT2D eigenvalue weighted by Crippen LogP contribution is -2.02. The van der Waals surface area contributed by atoms with Crippen LogP contribution in [0.25, 0.3) is 0 Å². The van der Waals surface area contributed by atoms with Crippen molar-refractivity contribution in [1.82, 2.24) is 0 Å². The third-order valence-electron chi connectivity index (χ3n) is 2.40. The lowest BCUT2D eigenvalue weighted by Gasteiger charge is -2.03. The summed E-state index contributed by atoms with van der Waals surface area (Å²) in [5.74, 6) is 6.27. The largest absolute Gasteiger partial charge is 0.216 e. The fraction of sp³-hybridized carbons (Fsp3) is 0.400. The molecular formula is C15H17NS. The van der Waals surface area contributed by atoms with E-state index in [0.717, 1.165) is 25.7 Å². The van der Waals surface area contributed by atoms with Crippen molar-refractivity contribution >= 4 is 17.4 Å². The molecule has 0 fully saturated rings. The van der Waals surface area contributed by atoms with Crippen molar-refractivity contribution in [1.29, 1.82) is 0 Å². The van der Waals surface area contributed by atoms with Crippen molar-refractivity contribution in [3.05, 3.63) is 35.9 Å². The highest BCUT2D eigenvalue weighted by Gasteiger charge is 2.02. The minimum absolute atomic E-state index is 0.000689. The summed E-state index contributed by atoms with van der Waals surface area (Å²) in [7, 11) is 0. The van der Waals surface area contributed by atoms with E-state index >= 15 is 0 Å². The van der Waals surface area contributed by atoms with Gasteiger partial charge in [-0.3, -0.25) is 0 Å². The molecule has 0 spiro atoms. The van der Waals surface area contributed by atoms with Crippen LogP contribution in [0.5, 0.6) is 0 Å². The molecule has 0 N–H and O–H groups in total. The number of aryl methyl sites for hydroxylation is 1. The predicted octanol–water partition coefficient (Wildman–Crippen LogP) is 3.89. The van der Waals surface area contributed by atoms with Gasteiger partial charge in [-0.25, -0.2) is 4.99 Å². The Kier molecular flexibility index (Phi) is 6.98. The van der Waals surface area contributed by atoms with E-state index < -0.39 is 0 Å². The summed E-state index contributed by atoms with van der Waals surface area (Å²) in [6, 6.07) is 10.4. The summed E-state index contributed by atoms with van der Waals surface area (Å²) in [5, 5.41) is 2.44. The van der Waals surface area contributed by atoms with Gasteiger partial charge in [0.25, 0.3) is 0 Å². The Morgan fingerprint density at radius 3 is 2.71 bits per heavy atom. The van der Waals surface area contributed by atoms with Crippen LogP contribution in [-0.2, 0) is 6.42 Å². The molecule has 1 aromatic rings. The zero-order chi connectivity index (χ0) is 12.3. The number of unbranched alkanes of at least 4 members (excludes halogenated alkanes) is 1. The normalized spacial score (nSPS) is 10.9. The molecule has 0 saturated heterocycles. The molecule has 1 unspecified atom stereocenters. The average Bonchev–Trinajstić information content (AvgIpc) is 2.37. The van der Waals surface area contributed by atoms with Crippen LogP contribution in [0.2, 0.25) is 0 Å². The molecule has 1 rings (SSSR count). The molecule has 0 aromatic heterocycles. The Morgan fingerprint density at radius 2 is 2.06 bits per heavy atom. The minimum Gasteiger partial charge on any atom is -0.216 e. The lowest BCUT2D eigenvalue weighted by molar-refractivity contribution is 0.743. The summed E-state index contributed by atoms with van der Waals surface area (Å²) in [4.78, 5) is 4.10. The van der Waals surface area contributed by atoms with Crippen LogP contribution in [0, 0.1) is 11.8 Å². The van der Waals surface area contributed by atoms with Crippen molar-refractivity contribution in [3.63, 3.8) is 0 Å². The SMILES string of the molecule is CCCC#CC(CCc1ccccc1)N=C=S. The number of nitrogens with zero attached hydrogens (tertiary/aromatic N) is 1. The first kappa shape index (κ1) is 13.6. The summed E-state index contributed by atoms with van der Waals surface area (Å²) in [6.07, 6.45) is 3.89. The zero-order valence-electron chi connectivity index (χ0n) is 10.1. The Bertz CT molecular complexity index is 421. The highest BCUT2D eigenvalue weighted by molar-refractivity contribution is 7.78. The highest BCUT2D eigenvalue weighted by Crippen LogP contribution is 2.06. The van der Waals surface area contributed by atoms with E-state index in [1.54, 1.807) is 0 Å². The molecule has 2 heteroatoms. The average molecular weight is 243 g/mol. The Hall–Kier alpha value is -1.42. The number of rotatable bonds is 5. The lowest BCUT2D eigenvalue weighted by atomic mass is 10.1. The summed E-state index contributed by atoms with van der Waals surface area (Å²) in [5.41, 5.74) is 1.31.